The number of carbonyl (C=O) groups is 1. The van der Waals surface area contributed by atoms with Gasteiger partial charge in [-0.25, -0.2) is 0 Å². The summed E-state index contributed by atoms with van der Waals surface area (Å²) in [5.74, 6) is 0.672. The molecule has 0 radical (unpaired) electrons. The summed E-state index contributed by atoms with van der Waals surface area (Å²) in [5, 5.41) is 8.91. The molecule has 0 amide bonds. The van der Waals surface area contributed by atoms with Crippen molar-refractivity contribution >= 4 is 5.97 Å². The molecule has 2 fully saturated rings. The molecule has 132 valence electrons. The summed E-state index contributed by atoms with van der Waals surface area (Å²) in [5.41, 5.74) is 1.36. The molecule has 24 heavy (non-hydrogen) atoms. The van der Waals surface area contributed by atoms with Crippen molar-refractivity contribution in [1.82, 2.24) is 0 Å². The summed E-state index contributed by atoms with van der Waals surface area (Å²) in [6.07, 6.45) is 6.12. The van der Waals surface area contributed by atoms with Crippen LogP contribution in [0, 0.1) is 11.8 Å². The van der Waals surface area contributed by atoms with E-state index in [1.165, 1.54) is 24.8 Å². The summed E-state index contributed by atoms with van der Waals surface area (Å²) in [7, 11) is 0. The molecule has 3 rings (SSSR count). The molecule has 2 aliphatic carbocycles. The van der Waals surface area contributed by atoms with Crippen LogP contribution in [0.2, 0.25) is 0 Å². The maximum absolute atomic E-state index is 10.8. The van der Waals surface area contributed by atoms with Gasteiger partial charge in [0.25, 0.3) is 0 Å². The normalized spacial score (nSPS) is 29.5. The maximum atomic E-state index is 10.8. The van der Waals surface area contributed by atoms with Crippen LogP contribution in [0.4, 0.5) is 0 Å². The molecule has 2 aliphatic rings. The first kappa shape index (κ1) is 17.3. The Kier molecular flexibility index (Phi) is 5.44. The quantitative estimate of drug-likeness (QED) is 0.811. The van der Waals surface area contributed by atoms with Gasteiger partial charge in [-0.05, 0) is 63.1 Å². The van der Waals surface area contributed by atoms with Gasteiger partial charge >= 0.3 is 5.97 Å². The highest BCUT2D eigenvalue weighted by Crippen LogP contribution is 2.39. The van der Waals surface area contributed by atoms with E-state index in [2.05, 4.69) is 26.0 Å². The Labute approximate surface area is 144 Å². The van der Waals surface area contributed by atoms with Crippen LogP contribution in [0.5, 0.6) is 5.75 Å². The van der Waals surface area contributed by atoms with Crippen LogP contribution in [0.3, 0.4) is 0 Å². The summed E-state index contributed by atoms with van der Waals surface area (Å²) in [4.78, 5) is 10.8. The average Bonchev–Trinajstić information content (AvgIpc) is 3.33. The van der Waals surface area contributed by atoms with Gasteiger partial charge in [-0.2, -0.15) is 0 Å². The van der Waals surface area contributed by atoms with Crippen molar-refractivity contribution in [2.75, 3.05) is 6.61 Å². The van der Waals surface area contributed by atoms with E-state index in [1.807, 2.05) is 12.1 Å². The van der Waals surface area contributed by atoms with Crippen LogP contribution in [0.1, 0.15) is 57.4 Å². The topological polar surface area (TPSA) is 55.8 Å². The molecule has 1 aromatic carbocycles. The summed E-state index contributed by atoms with van der Waals surface area (Å²) >= 11 is 0. The van der Waals surface area contributed by atoms with Gasteiger partial charge in [-0.15, -0.1) is 0 Å². The van der Waals surface area contributed by atoms with Gasteiger partial charge in [0.15, 0.2) is 0 Å². The van der Waals surface area contributed by atoms with Crippen molar-refractivity contribution in [3.05, 3.63) is 29.8 Å². The zero-order chi connectivity index (χ0) is 17.1. The Morgan fingerprint density at radius 2 is 1.96 bits per heavy atom. The molecule has 0 aromatic heterocycles. The minimum absolute atomic E-state index is 0.175. The third-order valence-corrected chi connectivity index (χ3v) is 5.15. The summed E-state index contributed by atoms with van der Waals surface area (Å²) < 4.78 is 11.7. The van der Waals surface area contributed by atoms with Crippen LogP contribution in [0.15, 0.2) is 24.3 Å². The smallest absolute Gasteiger partial charge is 0.306 e. The van der Waals surface area contributed by atoms with Crippen molar-refractivity contribution in [3.63, 3.8) is 0 Å². The van der Waals surface area contributed by atoms with E-state index in [9.17, 15) is 4.79 Å². The predicted molar refractivity (Wildman–Crippen MR) is 92.4 cm³/mol. The number of carboxylic acids is 1. The van der Waals surface area contributed by atoms with Gasteiger partial charge < -0.3 is 14.6 Å². The largest absolute Gasteiger partial charge is 0.493 e. The number of carboxylic acid groups (broad SMARTS) is 1. The molecular weight excluding hydrogens is 304 g/mol. The molecule has 0 spiro atoms. The van der Waals surface area contributed by atoms with Crippen molar-refractivity contribution in [1.29, 1.82) is 0 Å². The second kappa shape index (κ2) is 7.56. The van der Waals surface area contributed by atoms with E-state index in [0.29, 0.717) is 24.7 Å². The SMILES string of the molecule is CC(C)O[C@H]1CCC[C@@H](c2ccc(OC[C@H]3C[C@@H]3C(=O)O)cc2)C1. The molecule has 1 aromatic rings. The molecule has 4 nitrogen and oxygen atoms in total. The number of hydrogen-bond acceptors (Lipinski definition) is 3. The molecular formula is C20H28O4. The number of benzene rings is 1. The molecule has 4 heteroatoms. The van der Waals surface area contributed by atoms with Gasteiger partial charge in [0.1, 0.15) is 5.75 Å². The first-order chi connectivity index (χ1) is 11.5. The van der Waals surface area contributed by atoms with Crippen LogP contribution in [0.25, 0.3) is 0 Å². The van der Waals surface area contributed by atoms with Crippen LogP contribution >= 0.6 is 0 Å². The Morgan fingerprint density at radius 3 is 2.58 bits per heavy atom. The summed E-state index contributed by atoms with van der Waals surface area (Å²) in [6, 6.07) is 8.33. The monoisotopic (exact) mass is 332 g/mol. The van der Waals surface area contributed by atoms with Crippen molar-refractivity contribution in [2.45, 2.75) is 64.1 Å². The van der Waals surface area contributed by atoms with E-state index >= 15 is 0 Å². The standard InChI is InChI=1S/C20H28O4/c1-13(2)24-18-5-3-4-15(10-18)14-6-8-17(9-7-14)23-12-16-11-19(16)20(21)22/h6-9,13,15-16,18-19H,3-5,10-12H2,1-2H3,(H,21,22)/t15-,16-,18+,19+/m1/s1. The molecule has 0 bridgehead atoms. The van der Waals surface area contributed by atoms with Crippen molar-refractivity contribution in [3.8, 4) is 5.75 Å². The van der Waals surface area contributed by atoms with Gasteiger partial charge in [0.05, 0.1) is 24.7 Å². The van der Waals surface area contributed by atoms with Crippen molar-refractivity contribution < 1.29 is 19.4 Å². The minimum Gasteiger partial charge on any atom is -0.493 e. The first-order valence-electron chi connectivity index (χ1n) is 9.14. The number of hydrogen-bond donors (Lipinski definition) is 1. The van der Waals surface area contributed by atoms with Gasteiger partial charge in [-0.1, -0.05) is 18.6 Å². The van der Waals surface area contributed by atoms with Crippen LogP contribution in [-0.2, 0) is 9.53 Å². The lowest BCUT2D eigenvalue weighted by Crippen LogP contribution is -2.24. The highest BCUT2D eigenvalue weighted by Gasteiger charge is 2.43. The highest BCUT2D eigenvalue weighted by molar-refractivity contribution is 5.73. The molecule has 0 unspecified atom stereocenters. The van der Waals surface area contributed by atoms with E-state index in [0.717, 1.165) is 18.6 Å². The Balaban J connectivity index is 1.50. The molecule has 0 aliphatic heterocycles. The molecule has 1 N–H and O–H groups in total. The third kappa shape index (κ3) is 4.50. The van der Waals surface area contributed by atoms with E-state index in [4.69, 9.17) is 14.6 Å². The minimum atomic E-state index is -0.700. The fourth-order valence-electron chi connectivity index (χ4n) is 3.73. The predicted octanol–water partition coefficient (Wildman–Crippen LogP) is 4.24. The molecule has 2 saturated carbocycles. The van der Waals surface area contributed by atoms with E-state index < -0.39 is 5.97 Å². The number of aliphatic carboxylic acids is 1. The first-order valence-corrected chi connectivity index (χ1v) is 9.14. The lowest BCUT2D eigenvalue weighted by atomic mass is 9.82. The lowest BCUT2D eigenvalue weighted by molar-refractivity contribution is -0.138. The average molecular weight is 332 g/mol. The van der Waals surface area contributed by atoms with Crippen molar-refractivity contribution in [2.24, 2.45) is 11.8 Å². The van der Waals surface area contributed by atoms with Gasteiger partial charge in [-0.3, -0.25) is 4.79 Å². The van der Waals surface area contributed by atoms with Crippen LogP contribution < -0.4 is 4.74 Å². The van der Waals surface area contributed by atoms with Crippen LogP contribution in [-0.4, -0.2) is 29.9 Å². The number of rotatable bonds is 7. The molecule has 4 atom stereocenters. The Hall–Kier alpha value is -1.55. The van der Waals surface area contributed by atoms with Gasteiger partial charge in [0, 0.05) is 5.92 Å². The van der Waals surface area contributed by atoms with E-state index in [-0.39, 0.29) is 11.8 Å². The fraction of sp³-hybridized carbons (Fsp3) is 0.650. The molecule has 0 heterocycles. The Bertz CT molecular complexity index is 551. The summed E-state index contributed by atoms with van der Waals surface area (Å²) in [6.45, 7) is 4.71. The van der Waals surface area contributed by atoms with E-state index in [1.54, 1.807) is 0 Å². The zero-order valence-corrected chi connectivity index (χ0v) is 14.6. The zero-order valence-electron chi connectivity index (χ0n) is 14.6. The maximum Gasteiger partial charge on any atom is 0.306 e. The second-order valence-electron chi connectivity index (χ2n) is 7.49. The number of ether oxygens (including phenoxy) is 2. The Morgan fingerprint density at radius 1 is 1.21 bits per heavy atom. The molecule has 0 saturated heterocycles. The second-order valence-corrected chi connectivity index (χ2v) is 7.49. The fourth-order valence-corrected chi connectivity index (χ4v) is 3.73. The highest BCUT2D eigenvalue weighted by atomic mass is 16.5. The van der Waals surface area contributed by atoms with Gasteiger partial charge in [0.2, 0.25) is 0 Å². The third-order valence-electron chi connectivity index (χ3n) is 5.15. The lowest BCUT2D eigenvalue weighted by Gasteiger charge is -2.30.